The quantitative estimate of drug-likeness (QED) is 0.431. The van der Waals surface area contributed by atoms with Crippen LogP contribution in [0, 0.1) is 41.4 Å². The van der Waals surface area contributed by atoms with E-state index in [2.05, 4.69) is 62.3 Å². The molecular weight excluding hydrogens is 486 g/mol. The number of nitrogens with one attached hydrogen (secondary N) is 2. The predicted molar refractivity (Wildman–Crippen MR) is 159 cm³/mol. The molecule has 0 aromatic carbocycles. The molecule has 39 heavy (non-hydrogen) atoms. The molecule has 1 heterocycles. The van der Waals surface area contributed by atoms with Gasteiger partial charge in [-0.25, -0.2) is 0 Å². The Kier molecular flexibility index (Phi) is 10.8. The highest BCUT2D eigenvalue weighted by Crippen LogP contribution is 2.46. The van der Waals surface area contributed by atoms with Gasteiger partial charge in [-0.2, -0.15) is 0 Å². The third-order valence-electron chi connectivity index (χ3n) is 11.3. The highest BCUT2D eigenvalue weighted by atomic mass is 16.2. The molecule has 4 rings (SSSR count). The number of nitrogens with two attached hydrogens (primary N) is 1. The van der Waals surface area contributed by atoms with E-state index in [4.69, 9.17) is 5.73 Å². The van der Waals surface area contributed by atoms with Crippen LogP contribution in [0.5, 0.6) is 0 Å². The highest BCUT2D eigenvalue weighted by Gasteiger charge is 2.45. The van der Waals surface area contributed by atoms with Crippen molar-refractivity contribution in [2.75, 3.05) is 34.2 Å². The van der Waals surface area contributed by atoms with Crippen molar-refractivity contribution in [2.45, 2.75) is 116 Å². The van der Waals surface area contributed by atoms with Gasteiger partial charge in [0.25, 0.3) is 0 Å². The van der Waals surface area contributed by atoms with Gasteiger partial charge in [0.2, 0.25) is 11.8 Å². The first-order valence-corrected chi connectivity index (χ1v) is 16.2. The molecule has 4 aliphatic rings. The maximum absolute atomic E-state index is 13.8. The second kappa shape index (κ2) is 13.7. The van der Waals surface area contributed by atoms with Gasteiger partial charge in [-0.05, 0) is 128 Å². The molecule has 0 aromatic heterocycles. The summed E-state index contributed by atoms with van der Waals surface area (Å²) < 4.78 is 0. The van der Waals surface area contributed by atoms with Gasteiger partial charge in [0, 0.05) is 43.2 Å². The molecular formula is C32H59N5O2. The molecule has 0 spiro atoms. The fourth-order valence-electron chi connectivity index (χ4n) is 8.86. The molecule has 4 N–H and O–H groups in total. The molecule has 0 bridgehead atoms. The lowest BCUT2D eigenvalue weighted by molar-refractivity contribution is -0.133. The van der Waals surface area contributed by atoms with Crippen LogP contribution in [0.4, 0.5) is 0 Å². The molecule has 4 fully saturated rings. The van der Waals surface area contributed by atoms with Crippen molar-refractivity contribution in [1.29, 1.82) is 0 Å². The van der Waals surface area contributed by atoms with Gasteiger partial charge in [-0.15, -0.1) is 0 Å². The Hall–Kier alpha value is -1.18. The molecule has 2 amide bonds. The molecule has 0 radical (unpaired) electrons. The number of carbonyl (C=O) groups excluding carboxylic acids is 2. The van der Waals surface area contributed by atoms with Gasteiger partial charge in [0.15, 0.2) is 0 Å². The van der Waals surface area contributed by atoms with E-state index in [1.54, 1.807) is 0 Å². The molecule has 1 saturated heterocycles. The van der Waals surface area contributed by atoms with E-state index in [1.807, 2.05) is 0 Å². The molecule has 1 aliphatic heterocycles. The third-order valence-corrected chi connectivity index (χ3v) is 11.3. The first kappa shape index (κ1) is 30.8. The fourth-order valence-corrected chi connectivity index (χ4v) is 8.86. The summed E-state index contributed by atoms with van der Waals surface area (Å²) >= 11 is 0. The Bertz CT molecular complexity index is 804. The number of rotatable bonds is 8. The Labute approximate surface area is 238 Å². The molecule has 7 unspecified atom stereocenters. The zero-order valence-electron chi connectivity index (χ0n) is 25.8. The average molecular weight is 546 g/mol. The molecule has 7 atom stereocenters. The van der Waals surface area contributed by atoms with Crippen LogP contribution in [-0.2, 0) is 9.59 Å². The van der Waals surface area contributed by atoms with E-state index in [-0.39, 0.29) is 29.7 Å². The summed E-state index contributed by atoms with van der Waals surface area (Å²) in [6, 6.07) is 1.57. The van der Waals surface area contributed by atoms with E-state index in [0.717, 1.165) is 37.5 Å². The minimum Gasteiger partial charge on any atom is -0.355 e. The first-order chi connectivity index (χ1) is 18.5. The number of hydrogen-bond acceptors (Lipinski definition) is 5. The van der Waals surface area contributed by atoms with Gasteiger partial charge >= 0.3 is 0 Å². The maximum Gasteiger partial charge on any atom is 0.225 e. The Morgan fingerprint density at radius 1 is 0.923 bits per heavy atom. The lowest BCUT2D eigenvalue weighted by Crippen LogP contribution is -2.55. The summed E-state index contributed by atoms with van der Waals surface area (Å²) in [5.41, 5.74) is 6.24. The summed E-state index contributed by atoms with van der Waals surface area (Å²) in [7, 11) is 6.70. The minimum absolute atomic E-state index is 0.0161. The van der Waals surface area contributed by atoms with Crippen molar-refractivity contribution in [3.8, 4) is 0 Å². The van der Waals surface area contributed by atoms with Gasteiger partial charge in [0.05, 0.1) is 5.92 Å². The Morgan fingerprint density at radius 2 is 1.59 bits per heavy atom. The second-order valence-electron chi connectivity index (χ2n) is 14.5. The van der Waals surface area contributed by atoms with E-state index in [0.29, 0.717) is 42.4 Å². The maximum atomic E-state index is 13.8. The third kappa shape index (κ3) is 7.77. The molecule has 7 heteroatoms. The van der Waals surface area contributed by atoms with Crippen LogP contribution in [0.25, 0.3) is 0 Å². The largest absolute Gasteiger partial charge is 0.355 e. The van der Waals surface area contributed by atoms with Crippen LogP contribution >= 0.6 is 0 Å². The van der Waals surface area contributed by atoms with Crippen molar-refractivity contribution >= 4 is 11.8 Å². The van der Waals surface area contributed by atoms with E-state index < -0.39 is 0 Å². The van der Waals surface area contributed by atoms with Crippen LogP contribution in [0.15, 0.2) is 0 Å². The molecule has 3 aliphatic carbocycles. The van der Waals surface area contributed by atoms with Crippen molar-refractivity contribution in [2.24, 2.45) is 47.2 Å². The van der Waals surface area contributed by atoms with Crippen LogP contribution in [0.3, 0.4) is 0 Å². The van der Waals surface area contributed by atoms with E-state index >= 15 is 0 Å². The summed E-state index contributed by atoms with van der Waals surface area (Å²) in [5, 5.41) is 6.37. The zero-order chi connectivity index (χ0) is 28.3. The summed E-state index contributed by atoms with van der Waals surface area (Å²) in [4.78, 5) is 31.5. The molecule has 0 aromatic rings. The van der Waals surface area contributed by atoms with Crippen LogP contribution in [0.1, 0.15) is 91.4 Å². The number of piperidine rings is 1. The molecule has 7 nitrogen and oxygen atoms in total. The Balaban J connectivity index is 1.44. The topological polar surface area (TPSA) is 90.7 Å². The smallest absolute Gasteiger partial charge is 0.225 e. The molecule has 224 valence electrons. The monoisotopic (exact) mass is 545 g/mol. The summed E-state index contributed by atoms with van der Waals surface area (Å²) in [6.07, 6.45) is 13.0. The number of hydrogen-bond donors (Lipinski definition) is 3. The normalized spacial score (nSPS) is 41.9. The van der Waals surface area contributed by atoms with Crippen LogP contribution in [0.2, 0.25) is 0 Å². The fraction of sp³-hybridized carbons (Fsp3) is 0.938. The predicted octanol–water partition coefficient (Wildman–Crippen LogP) is 3.86. The van der Waals surface area contributed by atoms with Crippen molar-refractivity contribution in [3.05, 3.63) is 0 Å². The zero-order valence-corrected chi connectivity index (χ0v) is 25.8. The molecule has 3 saturated carbocycles. The van der Waals surface area contributed by atoms with Gasteiger partial charge in [-0.1, -0.05) is 13.8 Å². The number of amides is 2. The minimum atomic E-state index is -0.128. The second-order valence-corrected chi connectivity index (χ2v) is 14.5. The van der Waals surface area contributed by atoms with Gasteiger partial charge in [-0.3, -0.25) is 9.59 Å². The number of carbonyl (C=O) groups is 2. The number of nitrogens with zero attached hydrogens (tertiary/aromatic N) is 2. The van der Waals surface area contributed by atoms with Gasteiger partial charge < -0.3 is 26.2 Å². The van der Waals surface area contributed by atoms with Crippen molar-refractivity contribution in [1.82, 2.24) is 20.4 Å². The van der Waals surface area contributed by atoms with Crippen molar-refractivity contribution in [3.63, 3.8) is 0 Å². The lowest BCUT2D eigenvalue weighted by Gasteiger charge is -2.49. The first-order valence-electron chi connectivity index (χ1n) is 16.2. The summed E-state index contributed by atoms with van der Waals surface area (Å²) in [6.45, 7) is 8.20. The Morgan fingerprint density at radius 3 is 2.21 bits per heavy atom. The lowest BCUT2D eigenvalue weighted by atomic mass is 9.63. The standard InChI is InChI=1S/C32H59N5O2/c1-20-15-21(2)35-32(39)29(20)18-34-31(38)28-16-25(24-9-7-23(8-10-24)19-36(4)5)17-30(22(28)3)37(6)27-13-11-26(33)12-14-27/h20-30H,7-19,33H2,1-6H3,(H,34,38)(H,35,39). The van der Waals surface area contributed by atoms with E-state index in [9.17, 15) is 9.59 Å². The van der Waals surface area contributed by atoms with Crippen LogP contribution in [-0.4, -0.2) is 80.0 Å². The van der Waals surface area contributed by atoms with Crippen molar-refractivity contribution < 1.29 is 9.59 Å². The summed E-state index contributed by atoms with van der Waals surface area (Å²) in [5.74, 6) is 2.91. The van der Waals surface area contributed by atoms with Gasteiger partial charge in [0.1, 0.15) is 0 Å². The average Bonchev–Trinajstić information content (AvgIpc) is 2.88. The van der Waals surface area contributed by atoms with Crippen LogP contribution < -0.4 is 16.4 Å². The highest BCUT2D eigenvalue weighted by molar-refractivity contribution is 5.83. The van der Waals surface area contributed by atoms with E-state index in [1.165, 1.54) is 51.5 Å². The SMILES string of the molecule is CC1CC(C)C(CNC(=O)C2CC(C3CCC(CN(C)C)CC3)CC(N(C)C3CCC(N)CC3)C2C)C(=O)N1.